The smallest absolute Gasteiger partial charge is 0.344 e. The first kappa shape index (κ1) is 18.5. The molecule has 4 rings (SSSR count). The highest BCUT2D eigenvalue weighted by Crippen LogP contribution is 2.29. The molecule has 28 heavy (non-hydrogen) atoms. The predicted molar refractivity (Wildman–Crippen MR) is 101 cm³/mol. The van der Waals surface area contributed by atoms with Crippen LogP contribution >= 0.6 is 0 Å². The molecule has 1 aliphatic heterocycles. The molecule has 0 N–H and O–H groups in total. The van der Waals surface area contributed by atoms with Crippen LogP contribution in [0.1, 0.15) is 37.3 Å². The fourth-order valence-corrected chi connectivity index (χ4v) is 3.97. The zero-order chi connectivity index (χ0) is 19.7. The Hall–Kier alpha value is -2.83. The second kappa shape index (κ2) is 7.66. The normalized spacial score (nSPS) is 16.8. The van der Waals surface area contributed by atoms with Crippen LogP contribution in [0.3, 0.4) is 0 Å². The average molecular weight is 385 g/mol. The molecule has 1 aromatic heterocycles. The van der Waals surface area contributed by atoms with Crippen LogP contribution in [0.5, 0.6) is 5.75 Å². The molecule has 1 saturated heterocycles. The molecule has 0 radical (unpaired) electrons. The molecule has 2 aliphatic rings. The lowest BCUT2D eigenvalue weighted by Gasteiger charge is -2.20. The van der Waals surface area contributed by atoms with Crippen LogP contribution in [-0.4, -0.2) is 42.6 Å². The first-order valence-corrected chi connectivity index (χ1v) is 9.72. The van der Waals surface area contributed by atoms with Crippen molar-refractivity contribution in [1.82, 2.24) is 4.90 Å². The highest BCUT2D eigenvalue weighted by Gasteiger charge is 2.26. The molecule has 0 unspecified atom stereocenters. The number of benzene rings is 1. The molecule has 1 amide bonds. The predicted octanol–water partition coefficient (Wildman–Crippen LogP) is 2.21. The van der Waals surface area contributed by atoms with Gasteiger partial charge in [0.1, 0.15) is 11.3 Å². The number of aryl methyl sites for hydroxylation is 1. The molecule has 1 atom stereocenters. The van der Waals surface area contributed by atoms with Crippen molar-refractivity contribution in [2.24, 2.45) is 0 Å². The minimum atomic E-state index is -0.827. The Labute approximate surface area is 162 Å². The van der Waals surface area contributed by atoms with E-state index in [1.807, 2.05) is 6.07 Å². The summed E-state index contributed by atoms with van der Waals surface area (Å²) < 4.78 is 16.1. The van der Waals surface area contributed by atoms with Gasteiger partial charge >= 0.3 is 11.6 Å². The van der Waals surface area contributed by atoms with Crippen molar-refractivity contribution in [3.8, 4) is 5.75 Å². The van der Waals surface area contributed by atoms with E-state index in [1.165, 1.54) is 0 Å². The summed E-state index contributed by atoms with van der Waals surface area (Å²) in [5.41, 5.74) is 1.97. The topological polar surface area (TPSA) is 86.0 Å². The van der Waals surface area contributed by atoms with E-state index in [1.54, 1.807) is 24.0 Å². The van der Waals surface area contributed by atoms with Crippen LogP contribution in [0.15, 0.2) is 27.4 Å². The number of fused-ring (bicyclic) bond motifs is 3. The number of hydrogen-bond acceptors (Lipinski definition) is 6. The lowest BCUT2D eigenvalue weighted by molar-refractivity contribution is -0.160. The van der Waals surface area contributed by atoms with Gasteiger partial charge in [-0.05, 0) is 56.7 Å². The summed E-state index contributed by atoms with van der Waals surface area (Å²) in [7, 11) is 0. The van der Waals surface area contributed by atoms with Crippen molar-refractivity contribution in [2.75, 3.05) is 19.7 Å². The summed E-state index contributed by atoms with van der Waals surface area (Å²) in [6.45, 7) is 2.68. The number of nitrogens with zero attached hydrogens (tertiary/aromatic N) is 1. The van der Waals surface area contributed by atoms with Crippen molar-refractivity contribution >= 4 is 22.8 Å². The number of ether oxygens (including phenoxy) is 2. The van der Waals surface area contributed by atoms with Gasteiger partial charge in [0.25, 0.3) is 5.91 Å². The summed E-state index contributed by atoms with van der Waals surface area (Å²) in [5.74, 6) is -0.383. The Morgan fingerprint density at radius 2 is 1.89 bits per heavy atom. The number of carbonyl (C=O) groups is 2. The Kier molecular flexibility index (Phi) is 5.07. The molecule has 1 fully saturated rings. The molecule has 0 saturated carbocycles. The largest absolute Gasteiger partial charge is 0.482 e. The van der Waals surface area contributed by atoms with E-state index in [9.17, 15) is 14.4 Å². The van der Waals surface area contributed by atoms with Gasteiger partial charge in [0, 0.05) is 30.1 Å². The summed E-state index contributed by atoms with van der Waals surface area (Å²) in [6.07, 6.45) is 3.72. The molecule has 0 bridgehead atoms. The van der Waals surface area contributed by atoms with Crippen molar-refractivity contribution < 1.29 is 23.5 Å². The molecular formula is C21H23NO6. The zero-order valence-corrected chi connectivity index (χ0v) is 15.9. The van der Waals surface area contributed by atoms with Gasteiger partial charge in [0.2, 0.25) is 0 Å². The van der Waals surface area contributed by atoms with Gasteiger partial charge in [0.05, 0.1) is 0 Å². The Morgan fingerprint density at radius 3 is 2.68 bits per heavy atom. The molecule has 2 heterocycles. The second-order valence-electron chi connectivity index (χ2n) is 7.31. The first-order valence-electron chi connectivity index (χ1n) is 9.72. The standard InChI is InChI=1S/C21H23NO6/c1-13(20(24)22-9-2-3-10-22)27-19(23)12-26-14-7-8-16-15-5-4-6-17(15)21(25)28-18(16)11-14/h7-8,11,13H,2-6,9-10,12H2,1H3/t13-/m0/s1. The number of amides is 1. The van der Waals surface area contributed by atoms with Crippen LogP contribution < -0.4 is 10.4 Å². The van der Waals surface area contributed by atoms with Gasteiger partial charge in [-0.25, -0.2) is 9.59 Å². The second-order valence-corrected chi connectivity index (χ2v) is 7.31. The first-order chi connectivity index (χ1) is 13.5. The van der Waals surface area contributed by atoms with Crippen LogP contribution in [0.4, 0.5) is 0 Å². The van der Waals surface area contributed by atoms with Crippen molar-refractivity contribution in [3.05, 3.63) is 39.7 Å². The van der Waals surface area contributed by atoms with Crippen molar-refractivity contribution in [3.63, 3.8) is 0 Å². The Balaban J connectivity index is 1.38. The van der Waals surface area contributed by atoms with Gasteiger partial charge in [-0.15, -0.1) is 0 Å². The van der Waals surface area contributed by atoms with E-state index in [-0.39, 0.29) is 18.1 Å². The minimum absolute atomic E-state index is 0.174. The number of likely N-dealkylation sites (tertiary alicyclic amines) is 1. The highest BCUT2D eigenvalue weighted by atomic mass is 16.6. The van der Waals surface area contributed by atoms with E-state index >= 15 is 0 Å². The van der Waals surface area contributed by atoms with Crippen LogP contribution in [0, 0.1) is 0 Å². The highest BCUT2D eigenvalue weighted by molar-refractivity contribution is 5.84. The number of hydrogen-bond donors (Lipinski definition) is 0. The minimum Gasteiger partial charge on any atom is -0.482 e. The van der Waals surface area contributed by atoms with Crippen LogP contribution in [0.2, 0.25) is 0 Å². The molecule has 7 nitrogen and oxygen atoms in total. The van der Waals surface area contributed by atoms with Crippen molar-refractivity contribution in [2.45, 2.75) is 45.1 Å². The Bertz CT molecular complexity index is 973. The number of carbonyl (C=O) groups excluding carboxylic acids is 2. The quantitative estimate of drug-likeness (QED) is 0.579. The maximum Gasteiger partial charge on any atom is 0.344 e. The van der Waals surface area contributed by atoms with E-state index in [2.05, 4.69) is 0 Å². The van der Waals surface area contributed by atoms with E-state index < -0.39 is 12.1 Å². The van der Waals surface area contributed by atoms with E-state index in [0.717, 1.165) is 48.6 Å². The van der Waals surface area contributed by atoms with Gasteiger partial charge in [-0.1, -0.05) is 0 Å². The maximum atomic E-state index is 12.2. The third-order valence-electron chi connectivity index (χ3n) is 5.38. The summed E-state index contributed by atoms with van der Waals surface area (Å²) >= 11 is 0. The monoisotopic (exact) mass is 385 g/mol. The summed E-state index contributed by atoms with van der Waals surface area (Å²) in [5, 5.41) is 0.909. The lowest BCUT2D eigenvalue weighted by atomic mass is 10.1. The van der Waals surface area contributed by atoms with Gasteiger partial charge < -0.3 is 18.8 Å². The third-order valence-corrected chi connectivity index (χ3v) is 5.38. The molecule has 1 aliphatic carbocycles. The van der Waals surface area contributed by atoms with Crippen molar-refractivity contribution in [1.29, 1.82) is 0 Å². The zero-order valence-electron chi connectivity index (χ0n) is 15.9. The summed E-state index contributed by atoms with van der Waals surface area (Å²) in [4.78, 5) is 38.0. The third kappa shape index (κ3) is 3.61. The van der Waals surface area contributed by atoms with Gasteiger partial charge in [-0.3, -0.25) is 4.79 Å². The molecular weight excluding hydrogens is 362 g/mol. The van der Waals surface area contributed by atoms with Crippen LogP contribution in [0.25, 0.3) is 11.0 Å². The van der Waals surface area contributed by atoms with Gasteiger partial charge in [-0.2, -0.15) is 0 Å². The van der Waals surface area contributed by atoms with Crippen LogP contribution in [-0.2, 0) is 27.2 Å². The molecule has 1 aromatic carbocycles. The maximum absolute atomic E-state index is 12.2. The Morgan fingerprint density at radius 1 is 1.14 bits per heavy atom. The van der Waals surface area contributed by atoms with E-state index in [0.29, 0.717) is 24.4 Å². The lowest BCUT2D eigenvalue weighted by Crippen LogP contribution is -2.38. The summed E-state index contributed by atoms with van der Waals surface area (Å²) in [6, 6.07) is 5.21. The fraction of sp³-hybridized carbons (Fsp3) is 0.476. The molecule has 2 aromatic rings. The molecule has 148 valence electrons. The number of rotatable bonds is 5. The number of esters is 1. The molecule has 7 heteroatoms. The molecule has 0 spiro atoms. The van der Waals surface area contributed by atoms with E-state index in [4.69, 9.17) is 13.9 Å². The average Bonchev–Trinajstić information content (AvgIpc) is 3.37. The fourth-order valence-electron chi connectivity index (χ4n) is 3.97. The van der Waals surface area contributed by atoms with Gasteiger partial charge in [0.15, 0.2) is 12.7 Å². The SMILES string of the molecule is C[C@H](OC(=O)COc1ccc2c3c(c(=O)oc2c1)CCC3)C(=O)N1CCCC1.